The summed E-state index contributed by atoms with van der Waals surface area (Å²) in [7, 11) is 0. The number of aryl methyl sites for hydroxylation is 1. The van der Waals surface area contributed by atoms with Gasteiger partial charge in [-0.2, -0.15) is 0 Å². The number of carbonyl (C=O) groups excluding carboxylic acids is 1. The molecule has 1 nitrogen and oxygen atoms in total. The van der Waals surface area contributed by atoms with Crippen LogP contribution in [0.3, 0.4) is 0 Å². The van der Waals surface area contributed by atoms with Crippen LogP contribution in [-0.4, -0.2) is 5.78 Å². The van der Waals surface area contributed by atoms with Gasteiger partial charge in [-0.25, -0.2) is 0 Å². The van der Waals surface area contributed by atoms with Crippen molar-refractivity contribution in [2.24, 2.45) is 0 Å². The number of carbonyl (C=O) groups is 1. The molecule has 0 fully saturated rings. The second-order valence-electron chi connectivity index (χ2n) is 6.02. The highest BCUT2D eigenvalue weighted by atomic mass is 16.1. The zero-order valence-electron chi connectivity index (χ0n) is 13.6. The van der Waals surface area contributed by atoms with E-state index in [-0.39, 0.29) is 5.78 Å². The van der Waals surface area contributed by atoms with Gasteiger partial charge in [0.2, 0.25) is 0 Å². The molecule has 3 rings (SSSR count). The quantitative estimate of drug-likeness (QED) is 0.415. The largest absolute Gasteiger partial charge is 0.289 e. The first-order valence-corrected chi connectivity index (χ1v) is 8.41. The van der Waals surface area contributed by atoms with Gasteiger partial charge in [0, 0.05) is 11.1 Å². The number of hydrogen-bond acceptors (Lipinski definition) is 1. The molecule has 0 radical (unpaired) electrons. The second kappa shape index (κ2) is 7.23. The zero-order chi connectivity index (χ0) is 16.1. The van der Waals surface area contributed by atoms with E-state index in [0.717, 1.165) is 28.3 Å². The van der Waals surface area contributed by atoms with E-state index in [1.165, 1.54) is 24.8 Å². The summed E-state index contributed by atoms with van der Waals surface area (Å²) in [6.07, 6.45) is 4.65. The maximum absolute atomic E-state index is 12.9. The number of unbranched alkanes of at least 4 members (excludes halogenated alkanes) is 2. The molecule has 1 heteroatoms. The fourth-order valence-electron chi connectivity index (χ4n) is 3.03. The van der Waals surface area contributed by atoms with Gasteiger partial charge >= 0.3 is 0 Å². The normalized spacial score (nSPS) is 10.8. The Morgan fingerprint density at radius 3 is 2.39 bits per heavy atom. The van der Waals surface area contributed by atoms with Gasteiger partial charge < -0.3 is 0 Å². The Balaban J connectivity index is 2.05. The molecular weight excluding hydrogens is 280 g/mol. The molecule has 0 spiro atoms. The van der Waals surface area contributed by atoms with Gasteiger partial charge in [0.1, 0.15) is 0 Å². The standard InChI is InChI=1S/C22H22O/c1-2-3-5-10-17-15-19-13-8-9-14-20(19)21(16-17)22(23)18-11-6-4-7-12-18/h4,6-9,11-16H,2-3,5,10H2,1H3. The first kappa shape index (κ1) is 15.5. The van der Waals surface area contributed by atoms with Crippen LogP contribution in [0, 0.1) is 0 Å². The lowest BCUT2D eigenvalue weighted by molar-refractivity contribution is 0.104. The lowest BCUT2D eigenvalue weighted by Crippen LogP contribution is -2.03. The van der Waals surface area contributed by atoms with Crippen LogP contribution in [0.1, 0.15) is 47.7 Å². The molecule has 116 valence electrons. The van der Waals surface area contributed by atoms with Crippen LogP contribution in [0.2, 0.25) is 0 Å². The molecular formula is C22H22O. The minimum atomic E-state index is 0.110. The Morgan fingerprint density at radius 1 is 0.870 bits per heavy atom. The van der Waals surface area contributed by atoms with Crippen LogP contribution in [-0.2, 0) is 6.42 Å². The highest BCUT2D eigenvalue weighted by molar-refractivity contribution is 6.16. The van der Waals surface area contributed by atoms with E-state index in [2.05, 4.69) is 25.1 Å². The minimum absolute atomic E-state index is 0.110. The van der Waals surface area contributed by atoms with Crippen LogP contribution in [0.5, 0.6) is 0 Å². The van der Waals surface area contributed by atoms with Crippen molar-refractivity contribution in [1.29, 1.82) is 0 Å². The SMILES string of the molecule is CCCCCc1cc(C(=O)c2ccccc2)c2ccccc2c1. The highest BCUT2D eigenvalue weighted by Gasteiger charge is 2.13. The monoisotopic (exact) mass is 302 g/mol. The van der Waals surface area contributed by atoms with E-state index >= 15 is 0 Å². The van der Waals surface area contributed by atoms with Crippen molar-refractivity contribution in [3.63, 3.8) is 0 Å². The van der Waals surface area contributed by atoms with Gasteiger partial charge in [-0.05, 0) is 35.2 Å². The molecule has 0 aromatic heterocycles. The highest BCUT2D eigenvalue weighted by Crippen LogP contribution is 2.24. The summed E-state index contributed by atoms with van der Waals surface area (Å²) in [5.74, 6) is 0.110. The summed E-state index contributed by atoms with van der Waals surface area (Å²) in [6, 6.07) is 22.1. The van der Waals surface area contributed by atoms with Crippen molar-refractivity contribution in [1.82, 2.24) is 0 Å². The molecule has 0 aliphatic carbocycles. The molecule has 0 aliphatic heterocycles. The van der Waals surface area contributed by atoms with Gasteiger partial charge in [0.25, 0.3) is 0 Å². The molecule has 0 heterocycles. The molecule has 0 saturated carbocycles. The van der Waals surface area contributed by atoms with Crippen molar-refractivity contribution in [2.45, 2.75) is 32.6 Å². The van der Waals surface area contributed by atoms with Crippen LogP contribution < -0.4 is 0 Å². The average Bonchev–Trinajstić information content (AvgIpc) is 2.61. The van der Waals surface area contributed by atoms with E-state index in [9.17, 15) is 4.79 Å². The predicted octanol–water partition coefficient (Wildman–Crippen LogP) is 5.80. The summed E-state index contributed by atoms with van der Waals surface area (Å²) in [4.78, 5) is 12.9. The summed E-state index contributed by atoms with van der Waals surface area (Å²) in [5, 5.41) is 2.20. The smallest absolute Gasteiger partial charge is 0.193 e. The predicted molar refractivity (Wildman–Crippen MR) is 97.1 cm³/mol. The number of benzene rings is 3. The van der Waals surface area contributed by atoms with E-state index in [1.807, 2.05) is 48.5 Å². The Kier molecular flexibility index (Phi) is 4.87. The third kappa shape index (κ3) is 3.50. The number of fused-ring (bicyclic) bond motifs is 1. The summed E-state index contributed by atoms with van der Waals surface area (Å²) >= 11 is 0. The number of ketones is 1. The topological polar surface area (TPSA) is 17.1 Å². The molecule has 3 aromatic carbocycles. The molecule has 0 saturated heterocycles. The number of rotatable bonds is 6. The lowest BCUT2D eigenvalue weighted by Gasteiger charge is -2.10. The van der Waals surface area contributed by atoms with E-state index in [1.54, 1.807) is 0 Å². The molecule has 0 amide bonds. The third-order valence-corrected chi connectivity index (χ3v) is 4.27. The average molecular weight is 302 g/mol. The Labute approximate surface area is 138 Å². The van der Waals surface area contributed by atoms with E-state index < -0.39 is 0 Å². The zero-order valence-corrected chi connectivity index (χ0v) is 13.6. The van der Waals surface area contributed by atoms with Crippen molar-refractivity contribution in [3.05, 3.63) is 83.4 Å². The van der Waals surface area contributed by atoms with E-state index in [4.69, 9.17) is 0 Å². The Morgan fingerprint density at radius 2 is 1.61 bits per heavy atom. The fraction of sp³-hybridized carbons (Fsp3) is 0.227. The summed E-state index contributed by atoms with van der Waals surface area (Å²) in [6.45, 7) is 2.21. The van der Waals surface area contributed by atoms with Gasteiger partial charge in [-0.3, -0.25) is 4.79 Å². The van der Waals surface area contributed by atoms with Crippen LogP contribution in [0.25, 0.3) is 10.8 Å². The van der Waals surface area contributed by atoms with Crippen molar-refractivity contribution in [3.8, 4) is 0 Å². The minimum Gasteiger partial charge on any atom is -0.289 e. The van der Waals surface area contributed by atoms with Crippen LogP contribution >= 0.6 is 0 Å². The fourth-order valence-corrected chi connectivity index (χ4v) is 3.03. The van der Waals surface area contributed by atoms with Crippen LogP contribution in [0.15, 0.2) is 66.7 Å². The number of hydrogen-bond donors (Lipinski definition) is 0. The maximum Gasteiger partial charge on any atom is 0.193 e. The van der Waals surface area contributed by atoms with Gasteiger partial charge in [-0.15, -0.1) is 0 Å². The molecule has 23 heavy (non-hydrogen) atoms. The summed E-state index contributed by atoms with van der Waals surface area (Å²) in [5.41, 5.74) is 2.83. The van der Waals surface area contributed by atoms with Crippen molar-refractivity contribution in [2.75, 3.05) is 0 Å². The Hall–Kier alpha value is -2.41. The molecule has 0 atom stereocenters. The molecule has 0 aliphatic rings. The van der Waals surface area contributed by atoms with Crippen molar-refractivity contribution >= 4 is 16.6 Å². The summed E-state index contributed by atoms with van der Waals surface area (Å²) < 4.78 is 0. The molecule has 0 bridgehead atoms. The first-order valence-electron chi connectivity index (χ1n) is 8.41. The first-order chi connectivity index (χ1) is 11.3. The second-order valence-corrected chi connectivity index (χ2v) is 6.02. The lowest BCUT2D eigenvalue weighted by atomic mass is 9.93. The molecule has 3 aromatic rings. The molecule has 0 unspecified atom stereocenters. The van der Waals surface area contributed by atoms with E-state index in [0.29, 0.717) is 0 Å². The Bertz CT molecular complexity index is 803. The maximum atomic E-state index is 12.9. The van der Waals surface area contributed by atoms with Gasteiger partial charge in [0.05, 0.1) is 0 Å². The van der Waals surface area contributed by atoms with Gasteiger partial charge in [-0.1, -0.05) is 80.4 Å². The van der Waals surface area contributed by atoms with Crippen LogP contribution in [0.4, 0.5) is 0 Å². The van der Waals surface area contributed by atoms with Gasteiger partial charge in [0.15, 0.2) is 5.78 Å². The third-order valence-electron chi connectivity index (χ3n) is 4.27. The molecule has 0 N–H and O–H groups in total. The van der Waals surface area contributed by atoms with Crippen molar-refractivity contribution < 1.29 is 4.79 Å².